The number of hydrogen-bond acceptors (Lipinski definition) is 3. The normalized spacial score (nSPS) is 10.4. The summed E-state index contributed by atoms with van der Waals surface area (Å²) in [6.45, 7) is -3.05. The molecule has 0 aliphatic heterocycles. The van der Waals surface area contributed by atoms with E-state index in [1.807, 2.05) is 0 Å². The molecular weight excluding hydrogens is 265 g/mol. The van der Waals surface area contributed by atoms with E-state index in [2.05, 4.69) is 4.74 Å². The van der Waals surface area contributed by atoms with Crippen LogP contribution in [-0.2, 0) is 0 Å². The van der Waals surface area contributed by atoms with Crippen LogP contribution in [0.1, 0.15) is 10.4 Å². The number of halogens is 3. The van der Waals surface area contributed by atoms with Gasteiger partial charge in [0.1, 0.15) is 5.75 Å². The summed E-state index contributed by atoms with van der Waals surface area (Å²) >= 11 is 5.60. The number of hydrogen-bond donors (Lipinski definition) is 0. The van der Waals surface area contributed by atoms with Gasteiger partial charge in [0.05, 0.1) is 5.56 Å². The van der Waals surface area contributed by atoms with Crippen molar-refractivity contribution in [2.75, 3.05) is 0 Å². The maximum atomic E-state index is 12.0. The van der Waals surface area contributed by atoms with Crippen molar-refractivity contribution in [2.24, 2.45) is 0 Å². The summed E-state index contributed by atoms with van der Waals surface area (Å²) in [5, 5.41) is 10.3. The van der Waals surface area contributed by atoms with Crippen molar-refractivity contribution in [1.82, 2.24) is 0 Å². The molecule has 0 saturated heterocycles. The summed E-state index contributed by atoms with van der Waals surface area (Å²) in [6, 6.07) is 3.60. The van der Waals surface area contributed by atoms with Crippen LogP contribution < -0.4 is 39.4 Å². The number of carbonyl (C=O) groups is 1. The van der Waals surface area contributed by atoms with E-state index in [0.717, 1.165) is 12.1 Å². The Hall–Kier alpha value is -0.620. The molecule has 0 atom stereocenters. The minimum absolute atomic E-state index is 0. The maximum absolute atomic E-state index is 12.0. The molecule has 0 heterocycles. The first-order chi connectivity index (χ1) is 7.54. The summed E-state index contributed by atoms with van der Waals surface area (Å²) in [5.41, 5.74) is -0.181. The van der Waals surface area contributed by atoms with E-state index in [4.69, 9.17) is 11.6 Å². The van der Waals surface area contributed by atoms with Crippen LogP contribution in [0.5, 0.6) is 5.75 Å². The van der Waals surface area contributed by atoms with Gasteiger partial charge < -0.3 is 9.84 Å². The van der Waals surface area contributed by atoms with Gasteiger partial charge in [0.15, 0.2) is 5.78 Å². The van der Waals surface area contributed by atoms with Gasteiger partial charge in [-0.05, 0) is 24.3 Å². The molecule has 1 aromatic carbocycles. The Bertz CT molecular complexity index is 424. The Labute approximate surface area is 123 Å². The van der Waals surface area contributed by atoms with Gasteiger partial charge in [-0.25, -0.2) is 0 Å². The number of ether oxygens (including phenoxy) is 1. The van der Waals surface area contributed by atoms with Crippen molar-refractivity contribution in [3.05, 3.63) is 41.1 Å². The fourth-order valence-electron chi connectivity index (χ4n) is 1.05. The number of benzene rings is 1. The van der Waals surface area contributed by atoms with Gasteiger partial charge in [0, 0.05) is 5.02 Å². The maximum Gasteiger partial charge on any atom is 1.00 e. The second kappa shape index (κ2) is 7.66. The molecule has 0 N–H and O–H groups in total. The average Bonchev–Trinajstić information content (AvgIpc) is 2.20. The average molecular weight is 271 g/mol. The zero-order chi connectivity index (χ0) is 12.1. The van der Waals surface area contributed by atoms with Crippen molar-refractivity contribution in [3.63, 3.8) is 0 Å². The minimum atomic E-state index is -3.05. The smallest absolute Gasteiger partial charge is 0.878 e. The Morgan fingerprint density at radius 1 is 1.47 bits per heavy atom. The fourth-order valence-corrected chi connectivity index (χ4v) is 1.22. The number of ketones is 1. The molecule has 0 aliphatic carbocycles. The number of carbonyl (C=O) groups excluding carboxylic acids is 1. The van der Waals surface area contributed by atoms with Crippen LogP contribution in [-0.4, -0.2) is 12.4 Å². The quantitative estimate of drug-likeness (QED) is 0.305. The molecule has 0 aromatic heterocycles. The molecule has 1 rings (SSSR count). The molecule has 0 spiro atoms. The van der Waals surface area contributed by atoms with E-state index in [1.165, 1.54) is 6.07 Å². The van der Waals surface area contributed by atoms with Crippen LogP contribution in [0.15, 0.2) is 30.5 Å². The first-order valence-electron chi connectivity index (χ1n) is 4.12. The van der Waals surface area contributed by atoms with Crippen LogP contribution in [0.3, 0.4) is 0 Å². The molecule has 3 nitrogen and oxygen atoms in total. The molecular formula is C10H6ClF2NaO3. The summed E-state index contributed by atoms with van der Waals surface area (Å²) in [7, 11) is 0. The molecule has 7 heteroatoms. The van der Waals surface area contributed by atoms with Crippen molar-refractivity contribution in [1.29, 1.82) is 0 Å². The van der Waals surface area contributed by atoms with Gasteiger partial charge in [-0.1, -0.05) is 11.6 Å². The van der Waals surface area contributed by atoms with E-state index in [9.17, 15) is 18.7 Å². The van der Waals surface area contributed by atoms with E-state index in [1.54, 1.807) is 0 Å². The molecule has 86 valence electrons. The van der Waals surface area contributed by atoms with Crippen molar-refractivity contribution in [2.45, 2.75) is 6.61 Å². The monoisotopic (exact) mass is 270 g/mol. The van der Waals surface area contributed by atoms with Crippen LogP contribution in [0, 0.1) is 0 Å². The fraction of sp³-hybridized carbons (Fsp3) is 0.100. The summed E-state index contributed by atoms with van der Waals surface area (Å²) in [6.07, 6.45) is 0.958. The third kappa shape index (κ3) is 5.04. The zero-order valence-corrected chi connectivity index (χ0v) is 11.6. The first kappa shape index (κ1) is 16.4. The predicted molar refractivity (Wildman–Crippen MR) is 51.6 cm³/mol. The van der Waals surface area contributed by atoms with E-state index in [0.29, 0.717) is 6.08 Å². The van der Waals surface area contributed by atoms with Gasteiger partial charge in [-0.2, -0.15) is 8.78 Å². The van der Waals surface area contributed by atoms with E-state index in [-0.39, 0.29) is 52.2 Å². The molecule has 0 bridgehead atoms. The van der Waals surface area contributed by atoms with Gasteiger partial charge in [0.25, 0.3) is 0 Å². The molecule has 0 radical (unpaired) electrons. The number of alkyl halides is 2. The molecule has 0 amide bonds. The number of allylic oxidation sites excluding steroid dienone is 1. The molecule has 17 heavy (non-hydrogen) atoms. The zero-order valence-electron chi connectivity index (χ0n) is 8.82. The Balaban J connectivity index is 0.00000256. The largest absolute Gasteiger partial charge is 1.00 e. The second-order valence-electron chi connectivity index (χ2n) is 2.69. The summed E-state index contributed by atoms with van der Waals surface area (Å²) in [5.74, 6) is -1.06. The van der Waals surface area contributed by atoms with E-state index < -0.39 is 12.4 Å². The van der Waals surface area contributed by atoms with Gasteiger partial charge in [0.2, 0.25) is 0 Å². The van der Waals surface area contributed by atoms with Crippen LogP contribution in [0.4, 0.5) is 8.78 Å². The summed E-state index contributed by atoms with van der Waals surface area (Å²) in [4.78, 5) is 11.3. The van der Waals surface area contributed by atoms with Crippen LogP contribution in [0.2, 0.25) is 5.02 Å². The Morgan fingerprint density at radius 2 is 2.12 bits per heavy atom. The molecule has 0 saturated carbocycles. The molecule has 1 aromatic rings. The minimum Gasteiger partial charge on any atom is -0.878 e. The van der Waals surface area contributed by atoms with Crippen molar-refractivity contribution < 1.29 is 53.0 Å². The summed E-state index contributed by atoms with van der Waals surface area (Å²) < 4.78 is 28.1. The van der Waals surface area contributed by atoms with Crippen molar-refractivity contribution in [3.8, 4) is 5.75 Å². The third-order valence-electron chi connectivity index (χ3n) is 1.64. The number of rotatable bonds is 4. The first-order valence-corrected chi connectivity index (χ1v) is 4.49. The molecule has 0 aliphatic rings. The second-order valence-corrected chi connectivity index (χ2v) is 3.12. The van der Waals surface area contributed by atoms with Crippen LogP contribution >= 0.6 is 11.6 Å². The molecule has 0 fully saturated rings. The Morgan fingerprint density at radius 3 is 2.65 bits per heavy atom. The molecule has 0 unspecified atom stereocenters. The third-order valence-corrected chi connectivity index (χ3v) is 1.88. The SMILES string of the molecule is O=C(C=C[O-])c1cc(Cl)ccc1OC(F)F.[Na+]. The topological polar surface area (TPSA) is 49.4 Å². The van der Waals surface area contributed by atoms with Gasteiger partial charge in [-0.3, -0.25) is 4.79 Å². The van der Waals surface area contributed by atoms with Crippen LogP contribution in [0.25, 0.3) is 0 Å². The standard InChI is InChI=1S/C10H7ClF2O3.Na/c11-6-1-2-9(16-10(12)13)7(5-6)8(15)3-4-14;/h1-5,10,14H;/q;+1/p-1. The predicted octanol–water partition coefficient (Wildman–Crippen LogP) is -0.998. The van der Waals surface area contributed by atoms with E-state index >= 15 is 0 Å². The van der Waals surface area contributed by atoms with Crippen molar-refractivity contribution >= 4 is 17.4 Å². The van der Waals surface area contributed by atoms with Gasteiger partial charge in [-0.15, -0.1) is 6.26 Å². The Kier molecular flexibility index (Phi) is 7.38. The van der Waals surface area contributed by atoms with Gasteiger partial charge >= 0.3 is 36.2 Å².